The number of hydrogen-bond donors (Lipinski definition) is 3. The molecular weight excluding hydrogens is 410 g/mol. The van der Waals surface area contributed by atoms with E-state index in [1.807, 2.05) is 38.1 Å². The zero-order chi connectivity index (χ0) is 23.0. The Morgan fingerprint density at radius 2 is 1.84 bits per heavy atom. The first-order valence-electron chi connectivity index (χ1n) is 9.95. The number of para-hydroxylation sites is 1. The fraction of sp³-hybridized carbons (Fsp3) is 0.261. The first kappa shape index (κ1) is 21.2. The van der Waals surface area contributed by atoms with Crippen LogP contribution in [0.1, 0.15) is 38.9 Å². The van der Waals surface area contributed by atoms with Crippen molar-refractivity contribution >= 4 is 23.2 Å². The molecule has 4 rings (SSSR count). The maximum absolute atomic E-state index is 12.8. The van der Waals surface area contributed by atoms with Gasteiger partial charge in [-0.3, -0.25) is 9.59 Å². The first-order valence-corrected chi connectivity index (χ1v) is 9.95. The lowest BCUT2D eigenvalue weighted by molar-refractivity contribution is -0.120. The number of aryl methyl sites for hydroxylation is 3. The molecule has 3 N–H and O–H groups in total. The largest absolute Gasteiger partial charge is 0.390 e. The Kier molecular flexibility index (Phi) is 5.24. The van der Waals surface area contributed by atoms with E-state index in [4.69, 9.17) is 4.52 Å². The van der Waals surface area contributed by atoms with Crippen LogP contribution in [0, 0.1) is 37.5 Å². The summed E-state index contributed by atoms with van der Waals surface area (Å²) >= 11 is 0. The number of nitriles is 1. The molecule has 2 aromatic heterocycles. The highest BCUT2D eigenvalue weighted by atomic mass is 16.5. The third-order valence-electron chi connectivity index (χ3n) is 5.82. The third kappa shape index (κ3) is 3.40. The molecule has 0 spiro atoms. The van der Waals surface area contributed by atoms with Crippen molar-refractivity contribution in [2.24, 2.45) is 5.41 Å². The number of hydrogen-bond acceptors (Lipinski definition) is 7. The van der Waals surface area contributed by atoms with E-state index < -0.39 is 23.3 Å². The number of nitrogens with zero attached hydrogens (tertiary/aromatic N) is 3. The van der Waals surface area contributed by atoms with Crippen molar-refractivity contribution in [2.75, 3.05) is 10.6 Å². The molecule has 162 valence electrons. The highest BCUT2D eigenvalue weighted by Crippen LogP contribution is 2.60. The maximum atomic E-state index is 12.8. The SMILES string of the molecule is Cc1cccc(C)c1NC(=O)c1ccc(NC(=O)C2(C#N)C(O)C2c2cnoc2C)cn1. The van der Waals surface area contributed by atoms with Crippen molar-refractivity contribution < 1.29 is 19.2 Å². The summed E-state index contributed by atoms with van der Waals surface area (Å²) < 4.78 is 4.99. The number of benzene rings is 1. The van der Waals surface area contributed by atoms with Crippen molar-refractivity contribution in [1.82, 2.24) is 10.1 Å². The summed E-state index contributed by atoms with van der Waals surface area (Å²) in [5, 5.41) is 29.1. The van der Waals surface area contributed by atoms with Gasteiger partial charge in [0.15, 0.2) is 5.41 Å². The van der Waals surface area contributed by atoms with Gasteiger partial charge in [0, 0.05) is 17.2 Å². The molecule has 32 heavy (non-hydrogen) atoms. The molecule has 9 heteroatoms. The van der Waals surface area contributed by atoms with Crippen LogP contribution >= 0.6 is 0 Å². The number of amides is 2. The topological polar surface area (TPSA) is 141 Å². The van der Waals surface area contributed by atoms with Gasteiger partial charge < -0.3 is 20.3 Å². The van der Waals surface area contributed by atoms with Gasteiger partial charge in [-0.2, -0.15) is 5.26 Å². The summed E-state index contributed by atoms with van der Waals surface area (Å²) in [5.74, 6) is -1.32. The van der Waals surface area contributed by atoms with Crippen molar-refractivity contribution in [3.63, 3.8) is 0 Å². The fourth-order valence-corrected chi connectivity index (χ4v) is 3.88. The van der Waals surface area contributed by atoms with E-state index in [0.29, 0.717) is 17.0 Å². The first-order chi connectivity index (χ1) is 15.3. The third-order valence-corrected chi connectivity index (χ3v) is 5.82. The highest BCUT2D eigenvalue weighted by molar-refractivity contribution is 6.04. The van der Waals surface area contributed by atoms with E-state index in [0.717, 1.165) is 16.8 Å². The normalized spacial score (nSPS) is 21.5. The van der Waals surface area contributed by atoms with Crippen LogP contribution < -0.4 is 10.6 Å². The van der Waals surface area contributed by atoms with Crippen LogP contribution in [-0.4, -0.2) is 33.2 Å². The van der Waals surface area contributed by atoms with Crippen LogP contribution in [-0.2, 0) is 4.79 Å². The number of carbonyl (C=O) groups is 2. The molecule has 1 aliphatic rings. The van der Waals surface area contributed by atoms with E-state index in [-0.39, 0.29) is 11.6 Å². The fourth-order valence-electron chi connectivity index (χ4n) is 3.88. The number of aromatic nitrogens is 2. The van der Waals surface area contributed by atoms with Gasteiger partial charge in [0.05, 0.1) is 30.3 Å². The second kappa shape index (κ2) is 7.90. The number of aliphatic hydroxyl groups is 1. The minimum Gasteiger partial charge on any atom is -0.390 e. The Bertz CT molecular complexity index is 1220. The van der Waals surface area contributed by atoms with Gasteiger partial charge in [0.2, 0.25) is 5.91 Å². The number of carbonyl (C=O) groups excluding carboxylic acids is 2. The number of aliphatic hydroxyl groups excluding tert-OH is 1. The van der Waals surface area contributed by atoms with Gasteiger partial charge in [-0.1, -0.05) is 23.4 Å². The van der Waals surface area contributed by atoms with Gasteiger partial charge >= 0.3 is 0 Å². The number of rotatable bonds is 5. The monoisotopic (exact) mass is 431 g/mol. The number of pyridine rings is 1. The molecular formula is C23H21N5O4. The predicted octanol–water partition coefficient (Wildman–Crippen LogP) is 2.85. The predicted molar refractivity (Wildman–Crippen MR) is 115 cm³/mol. The number of nitrogens with one attached hydrogen (secondary N) is 2. The molecule has 0 bridgehead atoms. The van der Waals surface area contributed by atoms with E-state index in [9.17, 15) is 20.0 Å². The smallest absolute Gasteiger partial charge is 0.274 e. The molecule has 3 atom stereocenters. The second-order valence-electron chi connectivity index (χ2n) is 7.85. The Morgan fingerprint density at radius 3 is 2.41 bits per heavy atom. The average Bonchev–Trinajstić information content (AvgIpc) is 3.15. The number of anilines is 2. The quantitative estimate of drug-likeness (QED) is 0.564. The Hall–Kier alpha value is -4.03. The summed E-state index contributed by atoms with van der Waals surface area (Å²) in [6.07, 6.45) is 1.55. The summed E-state index contributed by atoms with van der Waals surface area (Å²) in [6, 6.07) is 10.7. The van der Waals surface area contributed by atoms with Gasteiger partial charge in [-0.05, 0) is 44.0 Å². The highest BCUT2D eigenvalue weighted by Gasteiger charge is 2.72. The Balaban J connectivity index is 1.47. The van der Waals surface area contributed by atoms with Gasteiger partial charge in [0.25, 0.3) is 5.91 Å². The van der Waals surface area contributed by atoms with Gasteiger partial charge in [-0.25, -0.2) is 4.98 Å². The molecule has 3 unspecified atom stereocenters. The second-order valence-corrected chi connectivity index (χ2v) is 7.85. The molecule has 0 aliphatic heterocycles. The van der Waals surface area contributed by atoms with Crippen LogP contribution in [0.3, 0.4) is 0 Å². The van der Waals surface area contributed by atoms with Crippen molar-refractivity contribution in [2.45, 2.75) is 32.8 Å². The molecule has 2 heterocycles. The van der Waals surface area contributed by atoms with Gasteiger partial charge in [-0.15, -0.1) is 0 Å². The molecule has 1 fully saturated rings. The summed E-state index contributed by atoms with van der Waals surface area (Å²) in [7, 11) is 0. The molecule has 9 nitrogen and oxygen atoms in total. The van der Waals surface area contributed by atoms with E-state index >= 15 is 0 Å². The van der Waals surface area contributed by atoms with Crippen LogP contribution in [0.2, 0.25) is 0 Å². The van der Waals surface area contributed by atoms with Crippen LogP contribution in [0.4, 0.5) is 11.4 Å². The van der Waals surface area contributed by atoms with Crippen LogP contribution in [0.15, 0.2) is 47.2 Å². The molecule has 0 saturated heterocycles. The Morgan fingerprint density at radius 1 is 1.12 bits per heavy atom. The summed E-state index contributed by atoms with van der Waals surface area (Å²) in [6.45, 7) is 5.46. The van der Waals surface area contributed by atoms with Gasteiger partial charge in [0.1, 0.15) is 11.5 Å². The standard InChI is InChI=1S/C23H21N5O4/c1-12-5-4-6-13(2)19(12)28-21(30)17-8-7-15(9-25-17)27-22(31)23(11-24)18(20(23)29)16-10-26-32-14(16)3/h4-10,18,20,29H,1-3H3,(H,27,31)(H,28,30). The molecule has 3 aromatic rings. The summed E-state index contributed by atoms with van der Waals surface area (Å²) in [5.41, 5.74) is 1.94. The lowest BCUT2D eigenvalue weighted by Gasteiger charge is -2.12. The van der Waals surface area contributed by atoms with E-state index in [1.165, 1.54) is 24.5 Å². The minimum atomic E-state index is -1.64. The lowest BCUT2D eigenvalue weighted by atomic mass is 10.00. The van der Waals surface area contributed by atoms with Crippen molar-refractivity contribution in [3.05, 3.63) is 70.9 Å². The molecule has 0 radical (unpaired) electrons. The van der Waals surface area contributed by atoms with E-state index in [1.54, 1.807) is 6.92 Å². The Labute approximate surface area is 184 Å². The van der Waals surface area contributed by atoms with Crippen LogP contribution in [0.25, 0.3) is 0 Å². The van der Waals surface area contributed by atoms with E-state index in [2.05, 4.69) is 20.8 Å². The molecule has 2 amide bonds. The molecule has 1 saturated carbocycles. The minimum absolute atomic E-state index is 0.171. The molecule has 1 aliphatic carbocycles. The summed E-state index contributed by atoms with van der Waals surface area (Å²) in [4.78, 5) is 29.5. The average molecular weight is 431 g/mol. The lowest BCUT2D eigenvalue weighted by Crippen LogP contribution is -2.27. The molecule has 1 aromatic carbocycles. The maximum Gasteiger partial charge on any atom is 0.274 e. The van der Waals surface area contributed by atoms with Crippen LogP contribution in [0.5, 0.6) is 0 Å². The van der Waals surface area contributed by atoms with Crippen molar-refractivity contribution in [3.8, 4) is 6.07 Å². The zero-order valence-corrected chi connectivity index (χ0v) is 17.7. The van der Waals surface area contributed by atoms with Crippen molar-refractivity contribution in [1.29, 1.82) is 5.26 Å². The zero-order valence-electron chi connectivity index (χ0n) is 17.7.